The summed E-state index contributed by atoms with van der Waals surface area (Å²) in [7, 11) is 0. The molecule has 1 aromatic carbocycles. The normalized spacial score (nSPS) is 22.0. The highest BCUT2D eigenvalue weighted by Gasteiger charge is 2.36. The van der Waals surface area contributed by atoms with Crippen molar-refractivity contribution in [3.63, 3.8) is 0 Å². The van der Waals surface area contributed by atoms with Gasteiger partial charge < -0.3 is 19.5 Å². The fourth-order valence-electron chi connectivity index (χ4n) is 4.77. The number of H-pyrrole nitrogens is 1. The first-order chi connectivity index (χ1) is 13.6. The molecule has 2 aromatic heterocycles. The number of para-hydroxylation sites is 1. The van der Waals surface area contributed by atoms with E-state index in [1.165, 1.54) is 29.5 Å². The zero-order chi connectivity index (χ0) is 19.3. The molecular weight excluding hydrogens is 354 g/mol. The van der Waals surface area contributed by atoms with Crippen LogP contribution >= 0.6 is 0 Å². The zero-order valence-corrected chi connectivity index (χ0v) is 16.1. The smallest absolute Gasteiger partial charge is 0.256 e. The van der Waals surface area contributed by atoms with Gasteiger partial charge in [-0.05, 0) is 44.2 Å². The summed E-state index contributed by atoms with van der Waals surface area (Å²) in [4.78, 5) is 18.6. The van der Waals surface area contributed by atoms with Crippen LogP contribution in [0, 0.1) is 12.8 Å². The zero-order valence-electron chi connectivity index (χ0n) is 16.1. The Hall–Kier alpha value is -2.60. The lowest BCUT2D eigenvalue weighted by Crippen LogP contribution is -2.29. The lowest BCUT2D eigenvalue weighted by atomic mass is 9.95. The Morgan fingerprint density at radius 1 is 1.32 bits per heavy atom. The van der Waals surface area contributed by atoms with Gasteiger partial charge in [0.25, 0.3) is 5.91 Å². The maximum Gasteiger partial charge on any atom is 0.256 e. The molecule has 146 valence electrons. The molecule has 2 N–H and O–H groups in total. The molecule has 1 amide bonds. The average Bonchev–Trinajstić information content (AvgIpc) is 3.38. The molecule has 0 spiro atoms. The molecule has 1 fully saturated rings. The molecule has 2 atom stereocenters. The van der Waals surface area contributed by atoms with Gasteiger partial charge in [0.05, 0.1) is 22.9 Å². The number of benzene rings is 1. The quantitative estimate of drug-likeness (QED) is 0.733. The number of aryl methyl sites for hydroxylation is 3. The average molecular weight is 379 g/mol. The van der Waals surface area contributed by atoms with E-state index in [4.69, 9.17) is 4.52 Å². The minimum absolute atomic E-state index is 0.0144. The molecular formula is C22H25N3O3. The first-order valence-corrected chi connectivity index (χ1v) is 10.1. The number of nitrogens with zero attached hydrogens (tertiary/aromatic N) is 2. The Bertz CT molecular complexity index is 1040. The van der Waals surface area contributed by atoms with E-state index in [0.29, 0.717) is 25.1 Å². The van der Waals surface area contributed by atoms with Gasteiger partial charge in [-0.15, -0.1) is 0 Å². The number of hydrogen-bond donors (Lipinski definition) is 2. The number of aromatic nitrogens is 2. The van der Waals surface area contributed by atoms with E-state index in [9.17, 15) is 9.90 Å². The summed E-state index contributed by atoms with van der Waals surface area (Å²) in [6.07, 6.45) is 4.58. The maximum absolute atomic E-state index is 13.3. The van der Waals surface area contributed by atoms with Gasteiger partial charge in [0.2, 0.25) is 0 Å². The number of β-amino-alcohol motifs (C(OH)–C–C–N with tert-alkyl or cyclic N) is 1. The predicted molar refractivity (Wildman–Crippen MR) is 105 cm³/mol. The molecule has 0 radical (unpaired) electrons. The number of fused-ring (bicyclic) bond motifs is 3. The Kier molecular flexibility index (Phi) is 4.23. The summed E-state index contributed by atoms with van der Waals surface area (Å²) >= 11 is 0. The molecule has 3 heterocycles. The monoisotopic (exact) mass is 379 g/mol. The molecule has 5 rings (SSSR count). The molecule has 6 nitrogen and oxygen atoms in total. The lowest BCUT2D eigenvalue weighted by Gasteiger charge is -2.16. The van der Waals surface area contributed by atoms with Crippen LogP contribution in [0.25, 0.3) is 10.9 Å². The molecule has 28 heavy (non-hydrogen) atoms. The largest absolute Gasteiger partial charge is 0.391 e. The highest BCUT2D eigenvalue weighted by atomic mass is 16.5. The van der Waals surface area contributed by atoms with E-state index in [2.05, 4.69) is 16.2 Å². The Balaban J connectivity index is 1.40. The molecule has 0 unspecified atom stereocenters. The first-order valence-electron chi connectivity index (χ1n) is 10.1. The number of aliphatic hydroxyl groups excluding tert-OH is 1. The Morgan fingerprint density at radius 2 is 2.18 bits per heavy atom. The molecule has 3 aromatic rings. The number of hydrogen-bond acceptors (Lipinski definition) is 4. The Labute approximate surface area is 163 Å². The van der Waals surface area contributed by atoms with Crippen LogP contribution in [-0.2, 0) is 19.3 Å². The van der Waals surface area contributed by atoms with Crippen LogP contribution in [0.1, 0.15) is 45.9 Å². The minimum Gasteiger partial charge on any atom is -0.391 e. The topological polar surface area (TPSA) is 82.4 Å². The van der Waals surface area contributed by atoms with Crippen molar-refractivity contribution in [3.8, 4) is 0 Å². The molecule has 0 bridgehead atoms. The number of nitrogens with one attached hydrogen (secondary N) is 1. The molecule has 1 saturated heterocycles. The first kappa shape index (κ1) is 17.5. The van der Waals surface area contributed by atoms with Crippen LogP contribution in [0.15, 0.2) is 28.8 Å². The van der Waals surface area contributed by atoms with Gasteiger partial charge in [-0.2, -0.15) is 0 Å². The number of amides is 1. The summed E-state index contributed by atoms with van der Waals surface area (Å²) < 4.78 is 5.29. The molecule has 6 heteroatoms. The second-order valence-corrected chi connectivity index (χ2v) is 8.19. The van der Waals surface area contributed by atoms with E-state index in [0.717, 1.165) is 29.8 Å². The number of aromatic amines is 1. The van der Waals surface area contributed by atoms with Gasteiger partial charge >= 0.3 is 0 Å². The van der Waals surface area contributed by atoms with Crippen LogP contribution in [-0.4, -0.2) is 45.2 Å². The molecule has 1 aliphatic carbocycles. The summed E-state index contributed by atoms with van der Waals surface area (Å²) in [6, 6.07) is 7.87. The van der Waals surface area contributed by atoms with Crippen LogP contribution in [0.3, 0.4) is 0 Å². The van der Waals surface area contributed by atoms with E-state index in [1.807, 2.05) is 25.1 Å². The van der Waals surface area contributed by atoms with Crippen molar-refractivity contribution >= 4 is 16.8 Å². The second kappa shape index (κ2) is 6.78. The van der Waals surface area contributed by atoms with Crippen molar-refractivity contribution in [2.75, 3.05) is 13.1 Å². The maximum atomic E-state index is 13.3. The SMILES string of the molecule is Cc1cc(C[C@@H]2CN(C(=O)c3cccc4c5c([nH]c34)CCCC5)C[C@H]2O)on1. The van der Waals surface area contributed by atoms with E-state index >= 15 is 0 Å². The van der Waals surface area contributed by atoms with Crippen molar-refractivity contribution in [2.45, 2.75) is 45.1 Å². The van der Waals surface area contributed by atoms with Crippen LogP contribution in [0.5, 0.6) is 0 Å². The van der Waals surface area contributed by atoms with Crippen molar-refractivity contribution in [1.29, 1.82) is 0 Å². The summed E-state index contributed by atoms with van der Waals surface area (Å²) in [5.74, 6) is 0.710. The third-order valence-corrected chi connectivity index (χ3v) is 6.20. The van der Waals surface area contributed by atoms with E-state index in [1.54, 1.807) is 4.90 Å². The highest BCUT2D eigenvalue weighted by molar-refractivity contribution is 6.07. The molecule has 1 aliphatic heterocycles. The summed E-state index contributed by atoms with van der Waals surface area (Å²) in [5, 5.41) is 15.6. The number of rotatable bonds is 3. The number of carbonyl (C=O) groups excluding carboxylic acids is 1. The Morgan fingerprint density at radius 3 is 3.00 bits per heavy atom. The van der Waals surface area contributed by atoms with Gasteiger partial charge in [0.15, 0.2) is 0 Å². The van der Waals surface area contributed by atoms with Gasteiger partial charge in [-0.3, -0.25) is 4.79 Å². The number of carbonyl (C=O) groups is 1. The van der Waals surface area contributed by atoms with Gasteiger partial charge in [0.1, 0.15) is 5.76 Å². The van der Waals surface area contributed by atoms with Crippen molar-refractivity contribution < 1.29 is 14.4 Å². The fourth-order valence-corrected chi connectivity index (χ4v) is 4.77. The van der Waals surface area contributed by atoms with Gasteiger partial charge in [-0.25, -0.2) is 0 Å². The second-order valence-electron chi connectivity index (χ2n) is 8.19. The standard InChI is InChI=1S/C22H25N3O3/c1-13-9-15(28-24-13)10-14-11-25(12-20(14)26)22(27)18-7-4-6-17-16-5-2-3-8-19(16)23-21(17)18/h4,6-7,9,14,20,23,26H,2-3,5,8,10-12H2,1H3/t14-,20-/m1/s1. The van der Waals surface area contributed by atoms with Crippen molar-refractivity contribution in [2.24, 2.45) is 5.92 Å². The summed E-state index contributed by atoms with van der Waals surface area (Å²) in [5.41, 5.74) is 5.13. The van der Waals surface area contributed by atoms with Gasteiger partial charge in [-0.1, -0.05) is 17.3 Å². The van der Waals surface area contributed by atoms with Crippen LogP contribution in [0.4, 0.5) is 0 Å². The predicted octanol–water partition coefficient (Wildman–Crippen LogP) is 3.02. The van der Waals surface area contributed by atoms with E-state index < -0.39 is 6.10 Å². The molecule has 0 saturated carbocycles. The third kappa shape index (κ3) is 2.92. The minimum atomic E-state index is -0.551. The van der Waals surface area contributed by atoms with Crippen LogP contribution < -0.4 is 0 Å². The number of aliphatic hydroxyl groups is 1. The lowest BCUT2D eigenvalue weighted by molar-refractivity contribution is 0.0766. The van der Waals surface area contributed by atoms with Crippen LogP contribution in [0.2, 0.25) is 0 Å². The highest BCUT2D eigenvalue weighted by Crippen LogP contribution is 2.32. The van der Waals surface area contributed by atoms with Gasteiger partial charge in [0, 0.05) is 42.6 Å². The number of likely N-dealkylation sites (tertiary alicyclic amines) is 1. The third-order valence-electron chi connectivity index (χ3n) is 6.20. The van der Waals surface area contributed by atoms with Crippen molar-refractivity contribution in [1.82, 2.24) is 15.0 Å². The molecule has 2 aliphatic rings. The summed E-state index contributed by atoms with van der Waals surface area (Å²) in [6.45, 7) is 2.76. The van der Waals surface area contributed by atoms with Crippen molar-refractivity contribution in [3.05, 3.63) is 52.5 Å². The van der Waals surface area contributed by atoms with E-state index in [-0.39, 0.29) is 11.8 Å². The fraction of sp³-hybridized carbons (Fsp3) is 0.455.